The van der Waals surface area contributed by atoms with Gasteiger partial charge >= 0.3 is 0 Å². The highest BCUT2D eigenvalue weighted by molar-refractivity contribution is 7.99. The SMILES string of the molecule is CC1OCCC1SCCC1CCCC1(C#N)NC1CC1. The largest absolute Gasteiger partial charge is 0.377 e. The molecular weight excluding hydrogens is 268 g/mol. The van der Waals surface area contributed by atoms with Crippen molar-refractivity contribution in [2.75, 3.05) is 12.4 Å². The summed E-state index contributed by atoms with van der Waals surface area (Å²) < 4.78 is 5.63. The van der Waals surface area contributed by atoms with E-state index in [2.05, 4.69) is 30.1 Å². The van der Waals surface area contributed by atoms with Crippen molar-refractivity contribution < 1.29 is 4.74 Å². The van der Waals surface area contributed by atoms with E-state index in [0.717, 1.165) is 13.0 Å². The molecule has 4 atom stereocenters. The standard InChI is InChI=1S/C16H26N2OS/c1-12-15(6-9-19-12)20-10-7-13-3-2-8-16(13,11-17)18-14-4-5-14/h12-15,18H,2-10H2,1H3. The molecule has 0 amide bonds. The predicted octanol–water partition coefficient (Wildman–Crippen LogP) is 3.10. The first-order chi connectivity index (χ1) is 9.73. The molecule has 20 heavy (non-hydrogen) atoms. The summed E-state index contributed by atoms with van der Waals surface area (Å²) in [5.41, 5.74) is -0.209. The molecular formula is C16H26N2OS. The van der Waals surface area contributed by atoms with E-state index in [1.54, 1.807) is 0 Å². The Labute approximate surface area is 126 Å². The molecule has 0 aromatic rings. The molecule has 0 radical (unpaired) electrons. The molecule has 0 aromatic heterocycles. The van der Waals surface area contributed by atoms with Crippen molar-refractivity contribution in [3.05, 3.63) is 0 Å². The number of hydrogen-bond donors (Lipinski definition) is 1. The van der Waals surface area contributed by atoms with E-state index < -0.39 is 0 Å². The Morgan fingerprint density at radius 1 is 1.35 bits per heavy atom. The van der Waals surface area contributed by atoms with Crippen molar-refractivity contribution in [2.24, 2.45) is 5.92 Å². The second-order valence-corrected chi connectivity index (χ2v) is 8.00. The fourth-order valence-electron chi connectivity index (χ4n) is 3.72. The Morgan fingerprint density at radius 2 is 2.20 bits per heavy atom. The van der Waals surface area contributed by atoms with Gasteiger partial charge in [-0.25, -0.2) is 0 Å². The van der Waals surface area contributed by atoms with Gasteiger partial charge in [0.2, 0.25) is 0 Å². The van der Waals surface area contributed by atoms with Crippen LogP contribution in [0.5, 0.6) is 0 Å². The number of nitriles is 1. The quantitative estimate of drug-likeness (QED) is 0.817. The highest BCUT2D eigenvalue weighted by atomic mass is 32.2. The lowest BCUT2D eigenvalue weighted by Crippen LogP contribution is -2.48. The van der Waals surface area contributed by atoms with Crippen LogP contribution < -0.4 is 5.32 Å². The monoisotopic (exact) mass is 294 g/mol. The van der Waals surface area contributed by atoms with E-state index >= 15 is 0 Å². The van der Waals surface area contributed by atoms with Gasteiger partial charge in [-0.15, -0.1) is 0 Å². The lowest BCUT2D eigenvalue weighted by atomic mass is 9.86. The molecule has 4 heteroatoms. The van der Waals surface area contributed by atoms with Crippen LogP contribution in [0, 0.1) is 17.2 Å². The van der Waals surface area contributed by atoms with Crippen LogP contribution >= 0.6 is 11.8 Å². The molecule has 3 nitrogen and oxygen atoms in total. The Balaban J connectivity index is 1.49. The maximum atomic E-state index is 9.68. The van der Waals surface area contributed by atoms with Crippen molar-refractivity contribution in [1.29, 1.82) is 5.26 Å². The minimum Gasteiger partial charge on any atom is -0.377 e. The van der Waals surface area contributed by atoms with Crippen LogP contribution in [0.25, 0.3) is 0 Å². The molecule has 0 aromatic carbocycles. The fourth-order valence-corrected chi connectivity index (χ4v) is 5.06. The van der Waals surface area contributed by atoms with Crippen LogP contribution in [0.3, 0.4) is 0 Å². The minimum absolute atomic E-state index is 0.209. The lowest BCUT2D eigenvalue weighted by Gasteiger charge is -2.30. The second kappa shape index (κ2) is 6.25. The van der Waals surface area contributed by atoms with Gasteiger partial charge in [0, 0.05) is 17.9 Å². The molecule has 0 bridgehead atoms. The molecule has 2 saturated carbocycles. The van der Waals surface area contributed by atoms with Gasteiger partial charge in [0.1, 0.15) is 5.54 Å². The summed E-state index contributed by atoms with van der Waals surface area (Å²) in [5, 5.41) is 14.0. The second-order valence-electron chi connectivity index (χ2n) is 6.65. The van der Waals surface area contributed by atoms with Crippen molar-refractivity contribution in [1.82, 2.24) is 5.32 Å². The fraction of sp³-hybridized carbons (Fsp3) is 0.938. The first kappa shape index (κ1) is 14.7. The third-order valence-corrected chi connectivity index (χ3v) is 6.68. The van der Waals surface area contributed by atoms with Crippen LogP contribution in [-0.2, 0) is 4.74 Å². The molecule has 2 aliphatic carbocycles. The van der Waals surface area contributed by atoms with Gasteiger partial charge in [-0.3, -0.25) is 5.32 Å². The molecule has 3 fully saturated rings. The zero-order valence-electron chi connectivity index (χ0n) is 12.4. The Hall–Kier alpha value is -0.240. The van der Waals surface area contributed by atoms with Gasteiger partial charge in [-0.2, -0.15) is 17.0 Å². The Bertz CT molecular complexity index is 379. The van der Waals surface area contributed by atoms with E-state index in [1.807, 2.05) is 0 Å². The third-order valence-electron chi connectivity index (χ3n) is 5.16. The number of nitrogens with one attached hydrogen (secondary N) is 1. The third kappa shape index (κ3) is 3.16. The van der Waals surface area contributed by atoms with Crippen molar-refractivity contribution >= 4 is 11.8 Å². The number of nitrogens with zero attached hydrogens (tertiary/aromatic N) is 1. The normalized spacial score (nSPS) is 40.9. The van der Waals surface area contributed by atoms with Crippen LogP contribution in [0.4, 0.5) is 0 Å². The zero-order valence-corrected chi connectivity index (χ0v) is 13.3. The van der Waals surface area contributed by atoms with Crippen LogP contribution in [-0.4, -0.2) is 35.3 Å². The van der Waals surface area contributed by atoms with Crippen LogP contribution in [0.15, 0.2) is 0 Å². The van der Waals surface area contributed by atoms with Gasteiger partial charge < -0.3 is 4.74 Å². The zero-order chi connectivity index (χ0) is 14.0. The van der Waals surface area contributed by atoms with Crippen molar-refractivity contribution in [2.45, 2.75) is 74.8 Å². The van der Waals surface area contributed by atoms with Crippen LogP contribution in [0.1, 0.15) is 51.9 Å². The summed E-state index contributed by atoms with van der Waals surface area (Å²) >= 11 is 2.06. The van der Waals surface area contributed by atoms with Gasteiger partial charge in [-0.05, 0) is 57.1 Å². The number of hydrogen-bond acceptors (Lipinski definition) is 4. The van der Waals surface area contributed by atoms with E-state index in [0.29, 0.717) is 23.3 Å². The molecule has 3 aliphatic rings. The molecule has 112 valence electrons. The lowest BCUT2D eigenvalue weighted by molar-refractivity contribution is 0.127. The van der Waals surface area contributed by atoms with Gasteiger partial charge in [0.25, 0.3) is 0 Å². The summed E-state index contributed by atoms with van der Waals surface area (Å²) in [4.78, 5) is 0. The Morgan fingerprint density at radius 3 is 2.85 bits per heavy atom. The topological polar surface area (TPSA) is 45.0 Å². The minimum atomic E-state index is -0.209. The first-order valence-corrected chi connectivity index (χ1v) is 9.20. The number of rotatable bonds is 6. The average Bonchev–Trinajstić information content (AvgIpc) is 3.03. The van der Waals surface area contributed by atoms with E-state index in [4.69, 9.17) is 4.74 Å². The van der Waals surface area contributed by atoms with E-state index in [-0.39, 0.29) is 5.54 Å². The summed E-state index contributed by atoms with van der Waals surface area (Å²) in [7, 11) is 0. The average molecular weight is 294 g/mol. The van der Waals surface area contributed by atoms with Crippen LogP contribution in [0.2, 0.25) is 0 Å². The summed E-state index contributed by atoms with van der Waals surface area (Å²) in [6.45, 7) is 3.11. The van der Waals surface area contributed by atoms with Gasteiger partial charge in [-0.1, -0.05) is 6.42 Å². The predicted molar refractivity (Wildman–Crippen MR) is 82.7 cm³/mol. The molecule has 3 rings (SSSR count). The molecule has 1 aliphatic heterocycles. The van der Waals surface area contributed by atoms with Crippen molar-refractivity contribution in [3.63, 3.8) is 0 Å². The summed E-state index contributed by atoms with van der Waals surface area (Å²) in [6.07, 6.45) is 8.81. The molecule has 1 heterocycles. The summed E-state index contributed by atoms with van der Waals surface area (Å²) in [6, 6.07) is 3.27. The van der Waals surface area contributed by atoms with Gasteiger partial charge in [0.15, 0.2) is 0 Å². The summed E-state index contributed by atoms with van der Waals surface area (Å²) in [5.74, 6) is 1.73. The van der Waals surface area contributed by atoms with E-state index in [1.165, 1.54) is 44.3 Å². The molecule has 4 unspecified atom stereocenters. The highest BCUT2D eigenvalue weighted by Crippen LogP contribution is 2.41. The molecule has 1 N–H and O–H groups in total. The maximum Gasteiger partial charge on any atom is 0.109 e. The molecule has 1 saturated heterocycles. The number of ether oxygens (including phenoxy) is 1. The Kier molecular flexibility index (Phi) is 4.59. The number of thioether (sulfide) groups is 1. The van der Waals surface area contributed by atoms with Gasteiger partial charge in [0.05, 0.1) is 12.2 Å². The maximum absolute atomic E-state index is 9.68. The van der Waals surface area contributed by atoms with E-state index in [9.17, 15) is 5.26 Å². The first-order valence-electron chi connectivity index (χ1n) is 8.16. The van der Waals surface area contributed by atoms with Crippen molar-refractivity contribution in [3.8, 4) is 6.07 Å². The molecule has 0 spiro atoms. The smallest absolute Gasteiger partial charge is 0.109 e. The highest BCUT2D eigenvalue weighted by Gasteiger charge is 2.45.